The summed E-state index contributed by atoms with van der Waals surface area (Å²) in [5.41, 5.74) is 3.12. The van der Waals surface area contributed by atoms with Gasteiger partial charge in [-0.1, -0.05) is 0 Å². The molecule has 0 aromatic carbocycles. The molecule has 1 heterocycles. The Morgan fingerprint density at radius 1 is 1.43 bits per heavy atom. The summed E-state index contributed by atoms with van der Waals surface area (Å²) in [4.78, 5) is 1.61. The average Bonchev–Trinajstić information content (AvgIpc) is 2.58. The molecule has 0 amide bonds. The van der Waals surface area contributed by atoms with Crippen LogP contribution >= 0.6 is 11.3 Å². The highest BCUT2D eigenvalue weighted by Crippen LogP contribution is 2.30. The predicted octanol–water partition coefficient (Wildman–Crippen LogP) is 2.94. The Morgan fingerprint density at radius 2 is 2.21 bits per heavy atom. The summed E-state index contributed by atoms with van der Waals surface area (Å²) in [5, 5.41) is 11.6. The van der Waals surface area contributed by atoms with E-state index >= 15 is 0 Å². The standard InChI is InChI=1S/C12H18OS/c1-9(13)6-7-10-8-14-12-5-3-2-4-11(10)12/h8-9,13H,2-7H2,1H3. The van der Waals surface area contributed by atoms with E-state index in [2.05, 4.69) is 5.38 Å². The van der Waals surface area contributed by atoms with Crippen LogP contribution in [0.2, 0.25) is 0 Å². The zero-order valence-electron chi connectivity index (χ0n) is 8.75. The van der Waals surface area contributed by atoms with Gasteiger partial charge in [0.05, 0.1) is 6.10 Å². The van der Waals surface area contributed by atoms with E-state index in [0.717, 1.165) is 12.8 Å². The lowest BCUT2D eigenvalue weighted by atomic mass is 9.94. The van der Waals surface area contributed by atoms with Crippen LogP contribution in [0.4, 0.5) is 0 Å². The van der Waals surface area contributed by atoms with E-state index in [9.17, 15) is 5.11 Å². The molecule has 1 nitrogen and oxygen atoms in total. The zero-order chi connectivity index (χ0) is 9.97. The van der Waals surface area contributed by atoms with Crippen LogP contribution in [0, 0.1) is 0 Å². The van der Waals surface area contributed by atoms with Crippen LogP contribution in [-0.4, -0.2) is 11.2 Å². The van der Waals surface area contributed by atoms with E-state index in [0.29, 0.717) is 0 Å². The first-order valence-electron chi connectivity index (χ1n) is 5.53. The molecule has 1 aromatic heterocycles. The molecule has 0 aliphatic heterocycles. The number of rotatable bonds is 3. The van der Waals surface area contributed by atoms with Gasteiger partial charge in [-0.15, -0.1) is 11.3 Å². The van der Waals surface area contributed by atoms with Gasteiger partial charge in [0.15, 0.2) is 0 Å². The van der Waals surface area contributed by atoms with Crippen molar-refractivity contribution in [2.45, 2.75) is 51.6 Å². The van der Waals surface area contributed by atoms with Crippen molar-refractivity contribution in [3.05, 3.63) is 21.4 Å². The van der Waals surface area contributed by atoms with E-state index < -0.39 is 0 Å². The minimum absolute atomic E-state index is 0.158. The molecule has 1 atom stereocenters. The van der Waals surface area contributed by atoms with E-state index in [-0.39, 0.29) is 6.10 Å². The second-order valence-electron chi connectivity index (χ2n) is 4.26. The number of thiophene rings is 1. The summed E-state index contributed by atoms with van der Waals surface area (Å²) >= 11 is 1.92. The fourth-order valence-electron chi connectivity index (χ4n) is 2.13. The Labute approximate surface area is 89.8 Å². The highest BCUT2D eigenvalue weighted by molar-refractivity contribution is 7.10. The number of aryl methyl sites for hydroxylation is 2. The molecule has 1 aliphatic carbocycles. The van der Waals surface area contributed by atoms with E-state index in [4.69, 9.17) is 0 Å². The van der Waals surface area contributed by atoms with E-state index in [1.807, 2.05) is 18.3 Å². The van der Waals surface area contributed by atoms with Crippen molar-refractivity contribution in [1.29, 1.82) is 0 Å². The van der Waals surface area contributed by atoms with E-state index in [1.54, 1.807) is 10.4 Å². The van der Waals surface area contributed by atoms with Gasteiger partial charge in [-0.2, -0.15) is 0 Å². The Balaban J connectivity index is 2.06. The minimum atomic E-state index is -0.158. The topological polar surface area (TPSA) is 20.2 Å². The smallest absolute Gasteiger partial charge is 0.0515 e. The molecule has 14 heavy (non-hydrogen) atoms. The average molecular weight is 210 g/mol. The Bertz CT molecular complexity index is 301. The summed E-state index contributed by atoms with van der Waals surface area (Å²) in [5.74, 6) is 0. The van der Waals surface area contributed by atoms with Gasteiger partial charge < -0.3 is 5.11 Å². The van der Waals surface area contributed by atoms with Crippen LogP contribution in [0.15, 0.2) is 5.38 Å². The summed E-state index contributed by atoms with van der Waals surface area (Å²) in [7, 11) is 0. The van der Waals surface area contributed by atoms with Crippen LogP contribution in [0.25, 0.3) is 0 Å². The SMILES string of the molecule is CC(O)CCc1csc2c1CCCC2. The quantitative estimate of drug-likeness (QED) is 0.813. The van der Waals surface area contributed by atoms with Crippen molar-refractivity contribution in [3.8, 4) is 0 Å². The van der Waals surface area contributed by atoms with Crippen LogP contribution in [0.3, 0.4) is 0 Å². The summed E-state index contributed by atoms with van der Waals surface area (Å²) in [6, 6.07) is 0. The van der Waals surface area contributed by atoms with E-state index in [1.165, 1.54) is 31.2 Å². The second kappa shape index (κ2) is 4.45. The van der Waals surface area contributed by atoms with Gasteiger partial charge in [0, 0.05) is 4.88 Å². The highest BCUT2D eigenvalue weighted by Gasteiger charge is 2.15. The van der Waals surface area contributed by atoms with Gasteiger partial charge in [-0.3, -0.25) is 0 Å². The Hall–Kier alpha value is -0.340. The molecule has 1 unspecified atom stereocenters. The number of aliphatic hydroxyl groups excluding tert-OH is 1. The Morgan fingerprint density at radius 3 is 3.00 bits per heavy atom. The number of fused-ring (bicyclic) bond motifs is 1. The van der Waals surface area contributed by atoms with Crippen molar-refractivity contribution >= 4 is 11.3 Å². The van der Waals surface area contributed by atoms with Gasteiger partial charge >= 0.3 is 0 Å². The lowest BCUT2D eigenvalue weighted by molar-refractivity contribution is 0.185. The second-order valence-corrected chi connectivity index (χ2v) is 5.22. The lowest BCUT2D eigenvalue weighted by Crippen LogP contribution is -2.05. The maximum absolute atomic E-state index is 9.26. The number of hydrogen-bond donors (Lipinski definition) is 1. The largest absolute Gasteiger partial charge is 0.393 e. The predicted molar refractivity (Wildman–Crippen MR) is 61.0 cm³/mol. The van der Waals surface area contributed by atoms with Gasteiger partial charge in [0.25, 0.3) is 0 Å². The molecule has 0 saturated heterocycles. The van der Waals surface area contributed by atoms with Crippen molar-refractivity contribution < 1.29 is 5.11 Å². The van der Waals surface area contributed by atoms with Crippen molar-refractivity contribution in [3.63, 3.8) is 0 Å². The van der Waals surface area contributed by atoms with Gasteiger partial charge in [0.1, 0.15) is 0 Å². The van der Waals surface area contributed by atoms with Crippen LogP contribution in [0.1, 0.15) is 42.2 Å². The molecule has 1 aromatic rings. The van der Waals surface area contributed by atoms with Crippen LogP contribution < -0.4 is 0 Å². The zero-order valence-corrected chi connectivity index (χ0v) is 9.57. The molecule has 1 aliphatic rings. The molecule has 0 radical (unpaired) electrons. The lowest BCUT2D eigenvalue weighted by Gasteiger charge is -2.13. The van der Waals surface area contributed by atoms with Gasteiger partial charge in [0.2, 0.25) is 0 Å². The normalized spacial score (nSPS) is 17.9. The number of hydrogen-bond acceptors (Lipinski definition) is 2. The molecule has 2 rings (SSSR count). The molecular formula is C12H18OS. The third-order valence-corrected chi connectivity index (χ3v) is 4.12. The summed E-state index contributed by atoms with van der Waals surface area (Å²) in [6.45, 7) is 1.87. The van der Waals surface area contributed by atoms with Gasteiger partial charge in [-0.25, -0.2) is 0 Å². The van der Waals surface area contributed by atoms with Crippen LogP contribution in [-0.2, 0) is 19.3 Å². The molecule has 1 N–H and O–H groups in total. The summed E-state index contributed by atoms with van der Waals surface area (Å²) in [6.07, 6.45) is 7.08. The number of aliphatic hydroxyl groups is 1. The highest BCUT2D eigenvalue weighted by atomic mass is 32.1. The molecule has 0 spiro atoms. The fraction of sp³-hybridized carbons (Fsp3) is 0.667. The maximum atomic E-state index is 9.26. The third kappa shape index (κ3) is 2.18. The van der Waals surface area contributed by atoms with Crippen molar-refractivity contribution in [2.24, 2.45) is 0 Å². The first-order valence-corrected chi connectivity index (χ1v) is 6.41. The van der Waals surface area contributed by atoms with Gasteiger partial charge in [-0.05, 0) is 62.0 Å². The monoisotopic (exact) mass is 210 g/mol. The van der Waals surface area contributed by atoms with Crippen molar-refractivity contribution in [1.82, 2.24) is 0 Å². The van der Waals surface area contributed by atoms with Crippen molar-refractivity contribution in [2.75, 3.05) is 0 Å². The molecule has 0 bridgehead atoms. The molecule has 2 heteroatoms. The minimum Gasteiger partial charge on any atom is -0.393 e. The first-order chi connectivity index (χ1) is 6.77. The molecule has 0 fully saturated rings. The van der Waals surface area contributed by atoms with Crippen LogP contribution in [0.5, 0.6) is 0 Å². The molecular weight excluding hydrogens is 192 g/mol. The molecule has 0 saturated carbocycles. The Kier molecular flexibility index (Phi) is 3.24. The summed E-state index contributed by atoms with van der Waals surface area (Å²) < 4.78 is 0. The third-order valence-electron chi connectivity index (χ3n) is 2.98. The fourth-order valence-corrected chi connectivity index (χ4v) is 3.32. The molecule has 78 valence electrons. The first kappa shape index (κ1) is 10.2. The maximum Gasteiger partial charge on any atom is 0.0515 e.